The van der Waals surface area contributed by atoms with Gasteiger partial charge in [0.2, 0.25) is 0 Å². The number of aliphatic hydroxyl groups excluding tert-OH is 2. The van der Waals surface area contributed by atoms with Crippen LogP contribution in [0.25, 0.3) is 0 Å². The summed E-state index contributed by atoms with van der Waals surface area (Å²) >= 11 is 5.76. The predicted octanol–water partition coefficient (Wildman–Crippen LogP) is 1.85. The minimum absolute atomic E-state index is 0.109. The van der Waals surface area contributed by atoms with Crippen LogP contribution in [0.4, 0.5) is 13.2 Å². The maximum atomic E-state index is 12.0. The van der Waals surface area contributed by atoms with E-state index in [2.05, 4.69) is 10.1 Å². The molecule has 0 saturated heterocycles. The molecular formula is C11H13ClF3NO3. The van der Waals surface area contributed by atoms with Gasteiger partial charge in [-0.25, -0.2) is 0 Å². The zero-order chi connectivity index (χ0) is 14.6. The summed E-state index contributed by atoms with van der Waals surface area (Å²) in [4.78, 5) is 0. The van der Waals surface area contributed by atoms with Crippen molar-refractivity contribution in [3.63, 3.8) is 0 Å². The van der Waals surface area contributed by atoms with Crippen LogP contribution in [0.15, 0.2) is 18.2 Å². The van der Waals surface area contributed by atoms with Gasteiger partial charge in [-0.3, -0.25) is 0 Å². The highest BCUT2D eigenvalue weighted by Crippen LogP contribution is 2.31. The van der Waals surface area contributed by atoms with E-state index < -0.39 is 24.3 Å². The van der Waals surface area contributed by atoms with E-state index in [0.29, 0.717) is 0 Å². The lowest BCUT2D eigenvalue weighted by atomic mass is 10.0. The van der Waals surface area contributed by atoms with Crippen molar-refractivity contribution in [2.24, 2.45) is 0 Å². The first-order chi connectivity index (χ1) is 8.74. The number of halogens is 4. The van der Waals surface area contributed by atoms with Gasteiger partial charge in [0, 0.05) is 12.1 Å². The van der Waals surface area contributed by atoms with Crippen LogP contribution in [0, 0.1) is 0 Å². The molecule has 0 radical (unpaired) electrons. The van der Waals surface area contributed by atoms with Gasteiger partial charge >= 0.3 is 6.36 Å². The van der Waals surface area contributed by atoms with E-state index in [-0.39, 0.29) is 17.1 Å². The minimum atomic E-state index is -4.81. The Labute approximate surface area is 112 Å². The zero-order valence-corrected chi connectivity index (χ0v) is 10.7. The van der Waals surface area contributed by atoms with Gasteiger partial charge in [0.05, 0.1) is 11.1 Å². The molecule has 19 heavy (non-hydrogen) atoms. The minimum Gasteiger partial charge on any atom is -0.406 e. The van der Waals surface area contributed by atoms with Crippen molar-refractivity contribution in [1.82, 2.24) is 5.32 Å². The summed E-state index contributed by atoms with van der Waals surface area (Å²) < 4.78 is 39.7. The Morgan fingerprint density at radius 3 is 2.47 bits per heavy atom. The number of rotatable bonds is 5. The highest BCUT2D eigenvalue weighted by molar-refractivity contribution is 6.31. The largest absolute Gasteiger partial charge is 0.573 e. The predicted molar refractivity (Wildman–Crippen MR) is 63.0 cm³/mol. The van der Waals surface area contributed by atoms with Crippen molar-refractivity contribution in [3.8, 4) is 5.75 Å². The maximum absolute atomic E-state index is 12.0. The average Bonchev–Trinajstić information content (AvgIpc) is 2.26. The number of nitrogens with one attached hydrogen (secondary N) is 1. The van der Waals surface area contributed by atoms with Crippen LogP contribution in [0.3, 0.4) is 0 Å². The molecule has 4 nitrogen and oxygen atoms in total. The molecule has 1 aromatic carbocycles. The number of likely N-dealkylation sites (N-methyl/N-ethyl adjacent to an activating group) is 1. The topological polar surface area (TPSA) is 61.7 Å². The number of ether oxygens (including phenoxy) is 1. The van der Waals surface area contributed by atoms with Gasteiger partial charge in [-0.05, 0) is 19.2 Å². The molecule has 0 spiro atoms. The van der Waals surface area contributed by atoms with Crippen molar-refractivity contribution in [1.29, 1.82) is 0 Å². The molecule has 108 valence electrons. The molecule has 0 aliphatic rings. The number of hydrogen-bond acceptors (Lipinski definition) is 4. The summed E-state index contributed by atoms with van der Waals surface area (Å²) in [7, 11) is 1.58. The molecule has 0 bridgehead atoms. The van der Waals surface area contributed by atoms with Crippen molar-refractivity contribution < 1.29 is 28.1 Å². The summed E-state index contributed by atoms with van der Waals surface area (Å²) in [6, 6.07) is 3.12. The molecule has 2 atom stereocenters. The Morgan fingerprint density at radius 1 is 1.37 bits per heavy atom. The van der Waals surface area contributed by atoms with Crippen molar-refractivity contribution in [2.45, 2.75) is 18.6 Å². The van der Waals surface area contributed by atoms with Crippen molar-refractivity contribution >= 4 is 11.6 Å². The van der Waals surface area contributed by atoms with Crippen LogP contribution in [-0.4, -0.2) is 36.3 Å². The van der Waals surface area contributed by atoms with Gasteiger partial charge < -0.3 is 20.3 Å². The third-order valence-corrected chi connectivity index (χ3v) is 2.63. The summed E-state index contributed by atoms with van der Waals surface area (Å²) in [6.45, 7) is 0.109. The molecule has 8 heteroatoms. The van der Waals surface area contributed by atoms with Gasteiger partial charge in [0.1, 0.15) is 11.9 Å². The molecule has 0 aliphatic heterocycles. The Kier molecular flexibility index (Phi) is 5.42. The summed E-state index contributed by atoms with van der Waals surface area (Å²) in [5, 5.41) is 21.9. The van der Waals surface area contributed by atoms with E-state index in [9.17, 15) is 23.4 Å². The molecule has 0 amide bonds. The smallest absolute Gasteiger partial charge is 0.406 e. The van der Waals surface area contributed by atoms with Crippen LogP contribution in [-0.2, 0) is 0 Å². The normalized spacial score (nSPS) is 15.1. The van der Waals surface area contributed by atoms with Crippen molar-refractivity contribution in [3.05, 3.63) is 28.8 Å². The lowest BCUT2D eigenvalue weighted by Gasteiger charge is -2.19. The SMILES string of the molecule is CNCC(O)C(O)c1ccc(OC(F)(F)F)cc1Cl. The fourth-order valence-corrected chi connectivity index (χ4v) is 1.76. The number of benzene rings is 1. The van der Waals surface area contributed by atoms with E-state index >= 15 is 0 Å². The quantitative estimate of drug-likeness (QED) is 0.776. The fraction of sp³-hybridized carbons (Fsp3) is 0.455. The Morgan fingerprint density at radius 2 is 2.00 bits per heavy atom. The molecular weight excluding hydrogens is 287 g/mol. The van der Waals surface area contributed by atoms with E-state index in [4.69, 9.17) is 11.6 Å². The summed E-state index contributed by atoms with van der Waals surface area (Å²) in [6.07, 6.45) is -7.24. The molecule has 0 heterocycles. The third kappa shape index (κ3) is 4.87. The van der Waals surface area contributed by atoms with E-state index in [1.165, 1.54) is 6.07 Å². The monoisotopic (exact) mass is 299 g/mol. The molecule has 0 saturated carbocycles. The van der Waals surface area contributed by atoms with Crippen LogP contribution in [0.2, 0.25) is 5.02 Å². The fourth-order valence-electron chi connectivity index (χ4n) is 1.47. The molecule has 1 rings (SSSR count). The third-order valence-electron chi connectivity index (χ3n) is 2.30. The van der Waals surface area contributed by atoms with Gasteiger partial charge in [-0.15, -0.1) is 13.2 Å². The summed E-state index contributed by atoms with van der Waals surface area (Å²) in [5.74, 6) is -0.489. The van der Waals surface area contributed by atoms with Gasteiger partial charge in [0.15, 0.2) is 0 Å². The zero-order valence-electron chi connectivity index (χ0n) is 9.91. The molecule has 0 fully saturated rings. The molecule has 2 unspecified atom stereocenters. The second-order valence-electron chi connectivity index (χ2n) is 3.80. The van der Waals surface area contributed by atoms with Gasteiger partial charge in [0.25, 0.3) is 0 Å². The summed E-state index contributed by atoms with van der Waals surface area (Å²) in [5.41, 5.74) is 0.124. The first-order valence-corrected chi connectivity index (χ1v) is 5.68. The number of hydrogen-bond donors (Lipinski definition) is 3. The Bertz CT molecular complexity index is 428. The average molecular weight is 300 g/mol. The van der Waals surface area contributed by atoms with Gasteiger partial charge in [-0.1, -0.05) is 17.7 Å². The molecule has 0 aromatic heterocycles. The first-order valence-electron chi connectivity index (χ1n) is 5.30. The molecule has 1 aromatic rings. The van der Waals surface area contributed by atoms with Crippen LogP contribution in [0.5, 0.6) is 5.75 Å². The molecule has 0 aliphatic carbocycles. The molecule has 3 N–H and O–H groups in total. The van der Waals surface area contributed by atoms with E-state index in [1.54, 1.807) is 7.05 Å². The second kappa shape index (κ2) is 6.42. The van der Waals surface area contributed by atoms with E-state index in [0.717, 1.165) is 12.1 Å². The number of aliphatic hydroxyl groups is 2. The van der Waals surface area contributed by atoms with Crippen LogP contribution in [0.1, 0.15) is 11.7 Å². The number of alkyl halides is 3. The lowest BCUT2D eigenvalue weighted by molar-refractivity contribution is -0.274. The maximum Gasteiger partial charge on any atom is 0.573 e. The highest BCUT2D eigenvalue weighted by atomic mass is 35.5. The standard InChI is InChI=1S/C11H13ClF3NO3/c1-16-5-9(17)10(18)7-3-2-6(4-8(7)12)19-11(13,14)15/h2-4,9-10,16-18H,5H2,1H3. The second-order valence-corrected chi connectivity index (χ2v) is 4.21. The Hall–Kier alpha value is -1.02. The van der Waals surface area contributed by atoms with Crippen LogP contribution < -0.4 is 10.1 Å². The first kappa shape index (κ1) is 16.0. The Balaban J connectivity index is 2.88. The van der Waals surface area contributed by atoms with Gasteiger partial charge in [-0.2, -0.15) is 0 Å². The lowest BCUT2D eigenvalue weighted by Crippen LogP contribution is -2.29. The van der Waals surface area contributed by atoms with Crippen LogP contribution >= 0.6 is 11.6 Å². The highest BCUT2D eigenvalue weighted by Gasteiger charge is 2.31. The van der Waals surface area contributed by atoms with E-state index in [1.807, 2.05) is 0 Å². The van der Waals surface area contributed by atoms with Crippen molar-refractivity contribution in [2.75, 3.05) is 13.6 Å².